The largest absolute Gasteiger partial charge is 0.399 e. The topological polar surface area (TPSA) is 51.8 Å². The summed E-state index contributed by atoms with van der Waals surface area (Å²) in [4.78, 5) is 8.53. The molecule has 0 saturated carbocycles. The fourth-order valence-electron chi connectivity index (χ4n) is 1.33. The van der Waals surface area contributed by atoms with Gasteiger partial charge in [0.25, 0.3) is 0 Å². The smallest absolute Gasteiger partial charge is 0.188 e. The van der Waals surface area contributed by atoms with Crippen molar-refractivity contribution in [2.45, 2.75) is 17.8 Å². The molecule has 0 spiro atoms. The van der Waals surface area contributed by atoms with Crippen molar-refractivity contribution in [2.24, 2.45) is 0 Å². The first kappa shape index (κ1) is 11.0. The van der Waals surface area contributed by atoms with Gasteiger partial charge in [-0.25, -0.2) is 9.97 Å². The first-order valence-corrected chi connectivity index (χ1v) is 5.99. The molecule has 0 bridgehead atoms. The van der Waals surface area contributed by atoms with Gasteiger partial charge in [0.2, 0.25) is 0 Å². The van der Waals surface area contributed by atoms with E-state index in [1.165, 1.54) is 5.56 Å². The van der Waals surface area contributed by atoms with E-state index in [-0.39, 0.29) is 0 Å². The molecule has 0 unspecified atom stereocenters. The molecule has 3 nitrogen and oxygen atoms in total. The number of nitrogens with zero attached hydrogens (tertiary/aromatic N) is 2. The van der Waals surface area contributed by atoms with Gasteiger partial charge >= 0.3 is 0 Å². The highest BCUT2D eigenvalue weighted by Gasteiger charge is 1.99. The van der Waals surface area contributed by atoms with E-state index >= 15 is 0 Å². The van der Waals surface area contributed by atoms with Crippen LogP contribution >= 0.6 is 11.8 Å². The molecule has 2 rings (SSSR count). The summed E-state index contributed by atoms with van der Waals surface area (Å²) in [7, 11) is 0. The Morgan fingerprint density at radius 3 is 2.94 bits per heavy atom. The summed E-state index contributed by atoms with van der Waals surface area (Å²) >= 11 is 1.62. The van der Waals surface area contributed by atoms with Crippen LogP contribution in [-0.4, -0.2) is 9.97 Å². The molecule has 0 aliphatic carbocycles. The van der Waals surface area contributed by atoms with E-state index < -0.39 is 0 Å². The second kappa shape index (κ2) is 4.99. The third-order valence-corrected chi connectivity index (χ3v) is 3.02. The minimum atomic E-state index is 0.795. The van der Waals surface area contributed by atoms with Gasteiger partial charge in [0.15, 0.2) is 5.16 Å². The van der Waals surface area contributed by atoms with E-state index in [1.807, 2.05) is 31.2 Å². The Morgan fingerprint density at radius 2 is 2.19 bits per heavy atom. The number of nitrogen functional groups attached to an aromatic ring is 1. The van der Waals surface area contributed by atoms with Crippen molar-refractivity contribution >= 4 is 17.4 Å². The lowest BCUT2D eigenvalue weighted by Crippen LogP contribution is -1.90. The zero-order valence-electron chi connectivity index (χ0n) is 9.05. The van der Waals surface area contributed by atoms with Crippen molar-refractivity contribution in [3.63, 3.8) is 0 Å². The van der Waals surface area contributed by atoms with Crippen molar-refractivity contribution in [3.05, 3.63) is 47.8 Å². The number of benzene rings is 1. The zero-order chi connectivity index (χ0) is 11.4. The summed E-state index contributed by atoms with van der Waals surface area (Å²) in [5, 5.41) is 0.808. The first-order valence-electron chi connectivity index (χ1n) is 5.01. The number of thioether (sulfide) groups is 1. The lowest BCUT2D eigenvalue weighted by molar-refractivity contribution is 0.932. The van der Waals surface area contributed by atoms with Crippen molar-refractivity contribution in [2.75, 3.05) is 5.73 Å². The fraction of sp³-hybridized carbons (Fsp3) is 0.167. The highest BCUT2D eigenvalue weighted by atomic mass is 32.2. The Kier molecular flexibility index (Phi) is 3.41. The zero-order valence-corrected chi connectivity index (χ0v) is 9.87. The molecule has 16 heavy (non-hydrogen) atoms. The number of nitrogens with two attached hydrogens (primary N) is 1. The van der Waals surface area contributed by atoms with Gasteiger partial charge in [0.1, 0.15) is 0 Å². The average Bonchev–Trinajstić information content (AvgIpc) is 2.27. The molecule has 0 atom stereocenters. The van der Waals surface area contributed by atoms with Crippen LogP contribution in [0.15, 0.2) is 41.7 Å². The van der Waals surface area contributed by atoms with Crippen LogP contribution in [0.4, 0.5) is 5.69 Å². The van der Waals surface area contributed by atoms with E-state index in [0.717, 1.165) is 22.3 Å². The van der Waals surface area contributed by atoms with Crippen LogP contribution in [0, 0.1) is 6.92 Å². The average molecular weight is 231 g/mol. The molecular formula is C12H13N3S. The van der Waals surface area contributed by atoms with Crippen LogP contribution in [0.25, 0.3) is 0 Å². The van der Waals surface area contributed by atoms with Crippen molar-refractivity contribution in [1.82, 2.24) is 9.97 Å². The molecule has 1 aromatic carbocycles. The van der Waals surface area contributed by atoms with Crippen LogP contribution in [0.3, 0.4) is 0 Å². The maximum absolute atomic E-state index is 5.71. The van der Waals surface area contributed by atoms with Gasteiger partial charge in [-0.2, -0.15) is 0 Å². The fourth-order valence-corrected chi connectivity index (χ4v) is 2.15. The Labute approximate surface area is 99.1 Å². The summed E-state index contributed by atoms with van der Waals surface area (Å²) in [6.07, 6.45) is 1.78. The molecule has 2 N–H and O–H groups in total. The summed E-state index contributed by atoms with van der Waals surface area (Å²) in [6.45, 7) is 1.96. The van der Waals surface area contributed by atoms with E-state index in [2.05, 4.69) is 16.0 Å². The van der Waals surface area contributed by atoms with Crippen LogP contribution in [-0.2, 0) is 5.75 Å². The third-order valence-electron chi connectivity index (χ3n) is 2.09. The summed E-state index contributed by atoms with van der Waals surface area (Å²) in [6, 6.07) is 9.77. The van der Waals surface area contributed by atoms with E-state index in [0.29, 0.717) is 0 Å². The quantitative estimate of drug-likeness (QED) is 0.501. The lowest BCUT2D eigenvalue weighted by Gasteiger charge is -2.02. The monoisotopic (exact) mass is 231 g/mol. The van der Waals surface area contributed by atoms with Crippen molar-refractivity contribution in [1.29, 1.82) is 0 Å². The number of aryl methyl sites for hydroxylation is 1. The van der Waals surface area contributed by atoms with Crippen LogP contribution < -0.4 is 5.73 Å². The van der Waals surface area contributed by atoms with Crippen LogP contribution in [0.2, 0.25) is 0 Å². The summed E-state index contributed by atoms with van der Waals surface area (Å²) in [5.74, 6) is 0.842. The predicted octanol–water partition coefficient (Wildman–Crippen LogP) is 2.66. The van der Waals surface area contributed by atoms with Crippen molar-refractivity contribution in [3.8, 4) is 0 Å². The van der Waals surface area contributed by atoms with Gasteiger partial charge in [-0.3, -0.25) is 0 Å². The Hall–Kier alpha value is -1.55. The standard InChI is InChI=1S/C12H13N3S/c1-9-5-6-14-12(15-9)16-8-10-3-2-4-11(13)7-10/h2-7H,8,13H2,1H3. The second-order valence-corrected chi connectivity index (χ2v) is 4.46. The number of hydrogen-bond donors (Lipinski definition) is 1. The van der Waals surface area contributed by atoms with Gasteiger partial charge < -0.3 is 5.73 Å². The highest BCUT2D eigenvalue weighted by molar-refractivity contribution is 7.98. The Balaban J connectivity index is 2.02. The lowest BCUT2D eigenvalue weighted by atomic mass is 10.2. The van der Waals surface area contributed by atoms with E-state index in [1.54, 1.807) is 18.0 Å². The molecule has 1 aromatic heterocycles. The highest BCUT2D eigenvalue weighted by Crippen LogP contribution is 2.19. The first-order chi connectivity index (χ1) is 7.74. The van der Waals surface area contributed by atoms with Crippen LogP contribution in [0.5, 0.6) is 0 Å². The molecule has 1 heterocycles. The van der Waals surface area contributed by atoms with Gasteiger partial charge in [-0.05, 0) is 30.7 Å². The number of aromatic nitrogens is 2. The maximum atomic E-state index is 5.71. The summed E-state index contributed by atoms with van der Waals surface area (Å²) < 4.78 is 0. The van der Waals surface area contributed by atoms with Gasteiger partial charge in [0.05, 0.1) is 0 Å². The number of anilines is 1. The minimum Gasteiger partial charge on any atom is -0.399 e. The second-order valence-electron chi connectivity index (χ2n) is 3.51. The molecule has 2 aromatic rings. The Bertz CT molecular complexity index is 440. The maximum Gasteiger partial charge on any atom is 0.188 e. The number of rotatable bonds is 3. The molecular weight excluding hydrogens is 218 g/mol. The van der Waals surface area contributed by atoms with Gasteiger partial charge in [-0.15, -0.1) is 0 Å². The molecule has 0 aliphatic rings. The third kappa shape index (κ3) is 2.97. The molecule has 0 fully saturated rings. The van der Waals surface area contributed by atoms with Crippen molar-refractivity contribution < 1.29 is 0 Å². The van der Waals surface area contributed by atoms with E-state index in [4.69, 9.17) is 5.73 Å². The number of hydrogen-bond acceptors (Lipinski definition) is 4. The molecule has 82 valence electrons. The predicted molar refractivity (Wildman–Crippen MR) is 67.2 cm³/mol. The van der Waals surface area contributed by atoms with Crippen LogP contribution in [0.1, 0.15) is 11.3 Å². The van der Waals surface area contributed by atoms with E-state index in [9.17, 15) is 0 Å². The SMILES string of the molecule is Cc1ccnc(SCc2cccc(N)c2)n1. The molecule has 0 amide bonds. The molecule has 0 aliphatic heterocycles. The molecule has 0 saturated heterocycles. The molecule has 0 radical (unpaired) electrons. The summed E-state index contributed by atoms with van der Waals surface area (Å²) in [5.41, 5.74) is 8.69. The van der Waals surface area contributed by atoms with Gasteiger partial charge in [0, 0.05) is 23.3 Å². The molecule has 4 heteroatoms. The Morgan fingerprint density at radius 1 is 1.31 bits per heavy atom. The van der Waals surface area contributed by atoms with Gasteiger partial charge in [-0.1, -0.05) is 23.9 Å². The minimum absolute atomic E-state index is 0.795. The normalized spacial score (nSPS) is 10.3.